The van der Waals surface area contributed by atoms with Crippen LogP contribution < -0.4 is 39.0 Å². The van der Waals surface area contributed by atoms with E-state index in [0.29, 0.717) is 6.42 Å². The molecule has 2 rings (SSSR count). The largest absolute Gasteiger partial charge is 1.00 e. The minimum atomic E-state index is -4.75. The molecule has 7 nitrogen and oxygen atoms in total. The van der Waals surface area contributed by atoms with Crippen molar-refractivity contribution in [1.29, 1.82) is 0 Å². The zero-order valence-electron chi connectivity index (χ0n) is 14.7. The molecule has 0 bridgehead atoms. The standard InChI is InChI=1S/C13H15ClF3O7P.Na/c1-2-5-22-25(18,19)23-11-6-9(3-4-10(11)14)12(7-21-24-12)20-8-13(15,16)17;/h3-4,6H,2,5,7-8H2,1H3,(H,18,19);/q;+1/p-1/i7T;. The zero-order chi connectivity index (χ0) is 19.6. The third-order valence-corrected chi connectivity index (χ3v) is 4.05. The molecular formula is C13H14ClF3NaO7P. The fourth-order valence-electron chi connectivity index (χ4n) is 1.72. The van der Waals surface area contributed by atoms with E-state index < -0.39 is 38.7 Å². The number of hydrogen-bond acceptors (Lipinski definition) is 7. The monoisotopic (exact) mass is 430 g/mol. The van der Waals surface area contributed by atoms with E-state index in [9.17, 15) is 22.6 Å². The Balaban J connectivity index is 0.00000364. The molecule has 0 N–H and O–H groups in total. The predicted octanol–water partition coefficient (Wildman–Crippen LogP) is 0.311. The first-order valence-corrected chi connectivity index (χ1v) is 8.75. The van der Waals surface area contributed by atoms with E-state index in [1.54, 1.807) is 6.92 Å². The molecule has 142 valence electrons. The maximum absolute atomic E-state index is 12.5. The van der Waals surface area contributed by atoms with Gasteiger partial charge in [-0.1, -0.05) is 24.6 Å². The van der Waals surface area contributed by atoms with Gasteiger partial charge in [0, 0.05) is 5.56 Å². The Kier molecular flexibility index (Phi) is 8.24. The minimum Gasteiger partial charge on any atom is -0.746 e. The van der Waals surface area contributed by atoms with Gasteiger partial charge in [-0.25, -0.2) is 4.89 Å². The van der Waals surface area contributed by atoms with Crippen LogP contribution in [0.5, 0.6) is 5.75 Å². The summed E-state index contributed by atoms with van der Waals surface area (Å²) in [6.45, 7) is -1.81. The van der Waals surface area contributed by atoms with E-state index in [1.807, 2.05) is 0 Å². The summed E-state index contributed by atoms with van der Waals surface area (Å²) in [6.07, 6.45) is -4.28. The summed E-state index contributed by atoms with van der Waals surface area (Å²) in [5.74, 6) is -2.63. The maximum atomic E-state index is 12.5. The first-order chi connectivity index (χ1) is 12.0. The van der Waals surface area contributed by atoms with Crippen molar-refractivity contribution in [3.05, 3.63) is 28.8 Å². The van der Waals surface area contributed by atoms with Crippen LogP contribution in [0.25, 0.3) is 0 Å². The van der Waals surface area contributed by atoms with Gasteiger partial charge in [0.15, 0.2) is 0 Å². The fourth-order valence-corrected chi connectivity index (χ4v) is 2.78. The Morgan fingerprint density at radius 3 is 2.69 bits per heavy atom. The number of halogens is 4. The van der Waals surface area contributed by atoms with Crippen molar-refractivity contribution in [3.8, 4) is 5.75 Å². The first kappa shape index (κ1) is 22.4. The smallest absolute Gasteiger partial charge is 0.746 e. The molecule has 3 unspecified atom stereocenters. The minimum absolute atomic E-state index is 0. The van der Waals surface area contributed by atoms with E-state index in [0.717, 1.165) is 12.1 Å². The zero-order valence-corrected chi connectivity index (χ0v) is 17.4. The van der Waals surface area contributed by atoms with Crippen LogP contribution in [0.2, 0.25) is 5.02 Å². The van der Waals surface area contributed by atoms with Crippen LogP contribution in [-0.2, 0) is 29.4 Å². The predicted molar refractivity (Wildman–Crippen MR) is 76.7 cm³/mol. The molecule has 1 heterocycles. The second-order valence-corrected chi connectivity index (χ2v) is 6.63. The molecule has 0 saturated carbocycles. The number of phosphoric ester groups is 1. The van der Waals surface area contributed by atoms with Crippen LogP contribution >= 0.6 is 19.4 Å². The van der Waals surface area contributed by atoms with Gasteiger partial charge in [0.2, 0.25) is 0 Å². The van der Waals surface area contributed by atoms with Crippen molar-refractivity contribution in [2.45, 2.75) is 25.3 Å². The Hall–Kier alpha value is 0.130. The molecule has 26 heavy (non-hydrogen) atoms. The van der Waals surface area contributed by atoms with Crippen molar-refractivity contribution in [2.75, 3.05) is 19.8 Å². The number of phosphoric acid groups is 1. The van der Waals surface area contributed by atoms with E-state index in [2.05, 4.69) is 19.0 Å². The van der Waals surface area contributed by atoms with Gasteiger partial charge in [0.05, 0.1) is 13.0 Å². The van der Waals surface area contributed by atoms with Gasteiger partial charge in [0.1, 0.15) is 18.9 Å². The molecule has 0 aliphatic carbocycles. The molecule has 0 radical (unpaired) electrons. The van der Waals surface area contributed by atoms with E-state index in [1.165, 1.54) is 6.07 Å². The Bertz CT molecular complexity index is 698. The van der Waals surface area contributed by atoms with E-state index >= 15 is 0 Å². The number of rotatable bonds is 8. The Morgan fingerprint density at radius 1 is 1.50 bits per heavy atom. The summed E-state index contributed by atoms with van der Waals surface area (Å²) in [7, 11) is -4.75. The molecule has 0 aromatic heterocycles. The summed E-state index contributed by atoms with van der Waals surface area (Å²) in [6, 6.07) is 3.32. The Labute approximate surface area is 175 Å². The van der Waals surface area contributed by atoms with Crippen LogP contribution in [0, 0.1) is 0 Å². The summed E-state index contributed by atoms with van der Waals surface area (Å²) in [5, 5.41) is -0.155. The van der Waals surface area contributed by atoms with Crippen molar-refractivity contribution in [1.82, 2.24) is 0 Å². The van der Waals surface area contributed by atoms with Crippen LogP contribution in [-0.4, -0.2) is 26.0 Å². The summed E-state index contributed by atoms with van der Waals surface area (Å²) in [4.78, 5) is 20.7. The number of benzene rings is 1. The van der Waals surface area contributed by atoms with Gasteiger partial charge < -0.3 is 18.7 Å². The van der Waals surface area contributed by atoms with Crippen molar-refractivity contribution < 1.29 is 77.1 Å². The summed E-state index contributed by atoms with van der Waals surface area (Å²) >= 11 is 5.85. The molecule has 1 aromatic rings. The molecule has 1 aliphatic rings. The third kappa shape index (κ3) is 6.63. The van der Waals surface area contributed by atoms with Gasteiger partial charge in [-0.15, -0.1) is 0 Å². The second kappa shape index (κ2) is 9.56. The summed E-state index contributed by atoms with van der Waals surface area (Å²) in [5.41, 5.74) is -0.150. The van der Waals surface area contributed by atoms with Crippen molar-refractivity contribution in [3.63, 3.8) is 0 Å². The fraction of sp³-hybridized carbons (Fsp3) is 0.538. The average molecular weight is 431 g/mol. The van der Waals surface area contributed by atoms with Crippen LogP contribution in [0.4, 0.5) is 13.2 Å². The van der Waals surface area contributed by atoms with Gasteiger partial charge in [0.25, 0.3) is 5.79 Å². The molecule has 0 amide bonds. The van der Waals surface area contributed by atoms with Gasteiger partial charge in [-0.3, -0.25) is 4.57 Å². The first-order valence-electron chi connectivity index (χ1n) is 7.49. The van der Waals surface area contributed by atoms with E-state index in [4.69, 9.17) is 17.5 Å². The Morgan fingerprint density at radius 2 is 2.19 bits per heavy atom. The topological polar surface area (TPSA) is 86.3 Å². The maximum Gasteiger partial charge on any atom is 1.00 e. The summed E-state index contributed by atoms with van der Waals surface area (Å²) < 4.78 is 70.7. The van der Waals surface area contributed by atoms with Crippen LogP contribution in [0.1, 0.15) is 20.3 Å². The van der Waals surface area contributed by atoms with Crippen LogP contribution in [0.15, 0.2) is 18.2 Å². The molecule has 0 spiro atoms. The molecule has 3 atom stereocenters. The number of alkyl halides is 3. The molecule has 1 aromatic carbocycles. The molecule has 13 heteroatoms. The normalized spacial score (nSPS) is 25.5. The number of ether oxygens (including phenoxy) is 1. The SMILES string of the molecule is [3H]C1OOC1(OCC(F)(F)F)c1ccc(Cl)c(OP(=O)([O-])OCCC)c1.[Na+]. The molecular weight excluding hydrogens is 415 g/mol. The average Bonchev–Trinajstić information content (AvgIpc) is 2.53. The van der Waals surface area contributed by atoms with Crippen molar-refractivity contribution >= 4 is 19.4 Å². The van der Waals surface area contributed by atoms with Crippen LogP contribution in [0.3, 0.4) is 0 Å². The van der Waals surface area contributed by atoms with Gasteiger partial charge in [-0.2, -0.15) is 18.1 Å². The van der Waals surface area contributed by atoms with Crippen molar-refractivity contribution in [2.24, 2.45) is 0 Å². The molecule has 1 saturated heterocycles. The second-order valence-electron chi connectivity index (χ2n) is 4.89. The van der Waals surface area contributed by atoms with Gasteiger partial charge >= 0.3 is 43.6 Å². The van der Waals surface area contributed by atoms with E-state index in [-0.39, 0.29) is 46.8 Å². The third-order valence-electron chi connectivity index (χ3n) is 2.82. The van der Waals surface area contributed by atoms with Gasteiger partial charge in [-0.05, 0) is 18.6 Å². The quantitative estimate of drug-likeness (QED) is 0.333. The number of hydrogen-bond donors (Lipinski definition) is 0. The molecule has 1 fully saturated rings. The molecule has 1 aliphatic heterocycles.